The Morgan fingerprint density at radius 1 is 1.12 bits per heavy atom. The number of rotatable bonds is 11. The molecule has 0 radical (unpaired) electrons. The number of hydrogen-bond acceptors (Lipinski definition) is 9. The Morgan fingerprint density at radius 3 is 2.67 bits per heavy atom. The van der Waals surface area contributed by atoms with Crippen LogP contribution in [0, 0.1) is 0 Å². The molecule has 0 spiro atoms. The average molecular weight is 605 g/mol. The third-order valence-corrected chi connectivity index (χ3v) is 8.56. The van der Waals surface area contributed by atoms with Gasteiger partial charge in [0.05, 0.1) is 11.8 Å². The van der Waals surface area contributed by atoms with E-state index in [4.69, 9.17) is 21.0 Å². The second-order valence-corrected chi connectivity index (χ2v) is 12.3. The minimum Gasteiger partial charge on any atom is -0.399 e. The van der Waals surface area contributed by atoms with Crippen LogP contribution in [0.2, 0.25) is 0 Å². The molecule has 5 N–H and O–H groups in total. The summed E-state index contributed by atoms with van der Waals surface area (Å²) in [6.45, 7) is 3.46. The largest absolute Gasteiger partial charge is 0.399 e. The van der Waals surface area contributed by atoms with Gasteiger partial charge in [-0.15, -0.1) is 0 Å². The van der Waals surface area contributed by atoms with Gasteiger partial charge in [-0.1, -0.05) is 31.2 Å². The first-order chi connectivity index (χ1) is 20.7. The fourth-order valence-electron chi connectivity index (χ4n) is 4.88. The summed E-state index contributed by atoms with van der Waals surface area (Å²) in [5.74, 6) is -0.0109. The van der Waals surface area contributed by atoms with Gasteiger partial charge in [0.15, 0.2) is 0 Å². The van der Waals surface area contributed by atoms with Crippen molar-refractivity contribution < 1.29 is 22.8 Å². The summed E-state index contributed by atoms with van der Waals surface area (Å²) in [7, 11) is -3.77. The van der Waals surface area contributed by atoms with Crippen molar-refractivity contribution in [3.05, 3.63) is 77.6 Å². The third kappa shape index (κ3) is 7.65. The van der Waals surface area contributed by atoms with Gasteiger partial charge in [-0.25, -0.2) is 23.2 Å². The molecule has 2 aromatic carbocycles. The number of nitrogen functional groups attached to an aromatic ring is 1. The number of carbonyl (C=O) groups is 1. The van der Waals surface area contributed by atoms with Gasteiger partial charge in [0, 0.05) is 60.9 Å². The third-order valence-electron chi connectivity index (χ3n) is 7.17. The lowest BCUT2D eigenvalue weighted by atomic mass is 10.0. The van der Waals surface area contributed by atoms with Crippen molar-refractivity contribution in [3.8, 4) is 11.1 Å². The Kier molecular flexibility index (Phi) is 9.51. The Bertz CT molecular complexity index is 1630. The number of amidine groups is 1. The standard InChI is InChI=1S/C31H36N6O5S/c1-2-11-37(42-20-21-5-9-26(32)10-6-21)31(38)24-13-23-8-7-22(15-29(23)36-30(33)16-24)25-14-28(19-34-17-25)43(39,40)35-18-27-4-3-12-41-27/h5-10,13-15,17,19,27,35H,2-4,11-12,16,18,20,32H2,1H3,(H2,33,36). The second kappa shape index (κ2) is 13.5. The molecule has 1 unspecified atom stereocenters. The molecule has 5 rings (SSSR count). The van der Waals surface area contributed by atoms with Gasteiger partial charge in [0.25, 0.3) is 5.91 Å². The van der Waals surface area contributed by atoms with Gasteiger partial charge < -0.3 is 16.2 Å². The number of fused-ring (bicyclic) bond motifs is 1. The normalized spacial score (nSPS) is 16.6. The maximum absolute atomic E-state index is 13.6. The van der Waals surface area contributed by atoms with Crippen LogP contribution in [0.4, 0.5) is 11.4 Å². The SMILES string of the molecule is CCCN(OCc1ccc(N)cc1)C(=O)C1=Cc2ccc(-c3cncc(S(=O)(=O)NCC4CCCO4)c3)cc2N=C(N)C1. The number of amides is 1. The van der Waals surface area contributed by atoms with Crippen molar-refractivity contribution in [1.82, 2.24) is 14.8 Å². The number of hydrogen-bond donors (Lipinski definition) is 3. The maximum Gasteiger partial charge on any atom is 0.273 e. The molecule has 0 aliphatic carbocycles. The van der Waals surface area contributed by atoms with Crippen LogP contribution < -0.4 is 16.2 Å². The van der Waals surface area contributed by atoms with Gasteiger partial charge in [0.2, 0.25) is 10.0 Å². The van der Waals surface area contributed by atoms with E-state index in [2.05, 4.69) is 14.7 Å². The van der Waals surface area contributed by atoms with Crippen LogP contribution in [0.15, 0.2) is 76.4 Å². The molecule has 11 nitrogen and oxygen atoms in total. The number of benzene rings is 2. The summed E-state index contributed by atoms with van der Waals surface area (Å²) < 4.78 is 34.0. The summed E-state index contributed by atoms with van der Waals surface area (Å²) in [6.07, 6.45) is 7.18. The molecule has 43 heavy (non-hydrogen) atoms. The monoisotopic (exact) mass is 604 g/mol. The van der Waals surface area contributed by atoms with Crippen molar-refractivity contribution in [1.29, 1.82) is 0 Å². The highest BCUT2D eigenvalue weighted by molar-refractivity contribution is 7.89. The van der Waals surface area contributed by atoms with Crippen LogP contribution in [0.5, 0.6) is 0 Å². The number of nitrogens with one attached hydrogen (secondary N) is 1. The fraction of sp³-hybridized carbons (Fsp3) is 0.323. The van der Waals surface area contributed by atoms with E-state index in [0.717, 1.165) is 18.4 Å². The molecule has 12 heteroatoms. The predicted octanol–water partition coefficient (Wildman–Crippen LogP) is 3.93. The van der Waals surface area contributed by atoms with E-state index in [0.29, 0.717) is 53.2 Å². The molecule has 1 atom stereocenters. The molecule has 226 valence electrons. The molecular formula is C31H36N6O5S. The molecule has 0 saturated carbocycles. The number of anilines is 1. The molecule has 2 aliphatic rings. The number of hydroxylamine groups is 2. The molecule has 1 fully saturated rings. The van der Waals surface area contributed by atoms with Gasteiger partial charge in [0.1, 0.15) is 17.3 Å². The topological polar surface area (TPSA) is 162 Å². The number of sulfonamides is 1. The van der Waals surface area contributed by atoms with E-state index >= 15 is 0 Å². The van der Waals surface area contributed by atoms with Gasteiger partial charge in [-0.3, -0.25) is 14.6 Å². The predicted molar refractivity (Wildman–Crippen MR) is 165 cm³/mol. The first-order valence-corrected chi connectivity index (χ1v) is 15.7. The highest BCUT2D eigenvalue weighted by atomic mass is 32.2. The molecular weight excluding hydrogens is 568 g/mol. The van der Waals surface area contributed by atoms with Crippen LogP contribution >= 0.6 is 0 Å². The van der Waals surface area contributed by atoms with Crippen LogP contribution in [0.1, 0.15) is 43.7 Å². The zero-order valence-corrected chi connectivity index (χ0v) is 24.8. The Hall–Kier alpha value is -4.10. The minimum absolute atomic E-state index is 0.0590. The lowest BCUT2D eigenvalue weighted by molar-refractivity contribution is -0.187. The van der Waals surface area contributed by atoms with E-state index in [1.807, 2.05) is 31.2 Å². The van der Waals surface area contributed by atoms with E-state index in [1.54, 1.807) is 36.5 Å². The molecule has 2 aliphatic heterocycles. The number of aromatic nitrogens is 1. The Morgan fingerprint density at radius 2 is 1.93 bits per heavy atom. The smallest absolute Gasteiger partial charge is 0.273 e. The molecule has 1 amide bonds. The zero-order valence-electron chi connectivity index (χ0n) is 24.0. The summed E-state index contributed by atoms with van der Waals surface area (Å²) in [4.78, 5) is 28.3. The molecule has 0 bridgehead atoms. The first kappa shape index (κ1) is 30.4. The van der Waals surface area contributed by atoms with E-state index in [9.17, 15) is 13.2 Å². The highest BCUT2D eigenvalue weighted by Gasteiger charge is 2.24. The van der Waals surface area contributed by atoms with Gasteiger partial charge in [-0.2, -0.15) is 0 Å². The summed E-state index contributed by atoms with van der Waals surface area (Å²) in [5.41, 5.74) is 16.6. The lowest BCUT2D eigenvalue weighted by Crippen LogP contribution is -2.34. The highest BCUT2D eigenvalue weighted by Crippen LogP contribution is 2.32. The summed E-state index contributed by atoms with van der Waals surface area (Å²) in [6, 6.07) is 14.3. The van der Waals surface area contributed by atoms with E-state index in [-0.39, 0.29) is 42.3 Å². The van der Waals surface area contributed by atoms with E-state index in [1.165, 1.54) is 11.3 Å². The number of ether oxygens (including phenoxy) is 1. The molecule has 1 aromatic heterocycles. The minimum atomic E-state index is -3.77. The number of nitrogens with two attached hydrogens (primary N) is 2. The number of aliphatic imine (C=N–C) groups is 1. The zero-order chi connectivity index (χ0) is 30.4. The van der Waals surface area contributed by atoms with Gasteiger partial charge in [-0.05, 0) is 60.7 Å². The van der Waals surface area contributed by atoms with Crippen molar-refractivity contribution in [3.63, 3.8) is 0 Å². The van der Waals surface area contributed by atoms with Crippen molar-refractivity contribution in [2.45, 2.75) is 50.2 Å². The Balaban J connectivity index is 1.35. The quantitative estimate of drug-likeness (QED) is 0.219. The van der Waals surface area contributed by atoms with Gasteiger partial charge >= 0.3 is 0 Å². The van der Waals surface area contributed by atoms with Crippen molar-refractivity contribution in [2.75, 3.05) is 25.4 Å². The van der Waals surface area contributed by atoms with Crippen molar-refractivity contribution >= 4 is 39.2 Å². The fourth-order valence-corrected chi connectivity index (χ4v) is 5.93. The van der Waals surface area contributed by atoms with E-state index < -0.39 is 10.0 Å². The van der Waals surface area contributed by atoms with Crippen molar-refractivity contribution in [2.24, 2.45) is 10.7 Å². The molecule has 3 heterocycles. The lowest BCUT2D eigenvalue weighted by Gasteiger charge is -2.22. The van der Waals surface area contributed by atoms with Crippen LogP contribution in [0.25, 0.3) is 17.2 Å². The Labute approximate surface area is 251 Å². The summed E-state index contributed by atoms with van der Waals surface area (Å²) in [5, 5.41) is 1.36. The second-order valence-electron chi connectivity index (χ2n) is 10.5. The number of nitrogens with zero attached hydrogens (tertiary/aromatic N) is 3. The maximum atomic E-state index is 13.6. The number of carbonyl (C=O) groups excluding carboxylic acids is 1. The first-order valence-electron chi connectivity index (χ1n) is 14.3. The van der Waals surface area contributed by atoms with Crippen LogP contribution in [-0.4, -0.2) is 56.0 Å². The van der Waals surface area contributed by atoms with Crippen LogP contribution in [0.3, 0.4) is 0 Å². The molecule has 3 aromatic rings. The molecule has 1 saturated heterocycles. The van der Waals surface area contributed by atoms with Crippen LogP contribution in [-0.2, 0) is 31.0 Å². The average Bonchev–Trinajstić information content (AvgIpc) is 3.47. The summed E-state index contributed by atoms with van der Waals surface area (Å²) >= 11 is 0. The number of pyridine rings is 1.